The number of carbonyl (C=O) groups excluding carboxylic acids is 1. The Morgan fingerprint density at radius 1 is 1.19 bits per heavy atom. The van der Waals surface area contributed by atoms with Crippen molar-refractivity contribution in [1.82, 2.24) is 9.80 Å². The van der Waals surface area contributed by atoms with E-state index in [1.54, 1.807) is 12.7 Å². The third-order valence-corrected chi connectivity index (χ3v) is 9.27. The molecule has 2 saturated carbocycles. The predicted octanol–water partition coefficient (Wildman–Crippen LogP) is 4.97. The molecule has 31 heavy (non-hydrogen) atoms. The Labute approximate surface area is 189 Å². The molecule has 0 saturated heterocycles. The summed E-state index contributed by atoms with van der Waals surface area (Å²) >= 11 is 0. The predicted molar refractivity (Wildman–Crippen MR) is 127 cm³/mol. The number of benzene rings is 1. The molecular weight excluding hydrogens is 384 g/mol. The normalized spacial score (nSPS) is 32.7. The summed E-state index contributed by atoms with van der Waals surface area (Å²) in [6, 6.07) is 7.12. The van der Waals surface area contributed by atoms with Crippen molar-refractivity contribution in [2.45, 2.75) is 70.8 Å². The van der Waals surface area contributed by atoms with E-state index in [2.05, 4.69) is 55.9 Å². The summed E-state index contributed by atoms with van der Waals surface area (Å²) in [5.41, 5.74) is 3.47. The lowest BCUT2D eigenvalue weighted by Crippen LogP contribution is -2.48. The Kier molecular flexibility index (Phi) is 6.67. The van der Waals surface area contributed by atoms with Gasteiger partial charge in [-0.25, -0.2) is 0 Å². The molecule has 3 aliphatic rings. The molecule has 2 fully saturated rings. The van der Waals surface area contributed by atoms with Crippen LogP contribution in [0.4, 0.5) is 0 Å². The van der Waals surface area contributed by atoms with Crippen molar-refractivity contribution in [2.75, 3.05) is 34.3 Å². The van der Waals surface area contributed by atoms with Gasteiger partial charge in [-0.1, -0.05) is 13.0 Å². The molecule has 0 N–H and O–H groups in total. The van der Waals surface area contributed by atoms with Crippen LogP contribution in [0.2, 0.25) is 0 Å². The van der Waals surface area contributed by atoms with E-state index < -0.39 is 0 Å². The third kappa shape index (κ3) is 4.13. The molecule has 1 aromatic carbocycles. The number of rotatable bonds is 8. The topological polar surface area (TPSA) is 32.8 Å². The fourth-order valence-corrected chi connectivity index (χ4v) is 7.67. The second-order valence-electron chi connectivity index (χ2n) is 10.9. The number of methoxy groups -OCH3 is 1. The van der Waals surface area contributed by atoms with Crippen molar-refractivity contribution < 1.29 is 9.53 Å². The van der Waals surface area contributed by atoms with E-state index in [9.17, 15) is 4.79 Å². The zero-order valence-electron chi connectivity index (χ0n) is 20.3. The number of hydrogen-bond donors (Lipinski definition) is 0. The molecule has 0 aliphatic heterocycles. The van der Waals surface area contributed by atoms with E-state index in [1.807, 2.05) is 0 Å². The monoisotopic (exact) mass is 426 g/mol. The highest BCUT2D eigenvalue weighted by molar-refractivity contribution is 5.48. The van der Waals surface area contributed by atoms with Gasteiger partial charge in [0.1, 0.15) is 5.75 Å². The molecule has 3 aliphatic carbocycles. The summed E-state index contributed by atoms with van der Waals surface area (Å²) in [5.74, 6) is 3.93. The molecule has 4 nitrogen and oxygen atoms in total. The molecule has 0 aromatic heterocycles. The Hall–Kier alpha value is -1.55. The molecule has 0 heterocycles. The quantitative estimate of drug-likeness (QED) is 0.551. The number of carbonyl (C=O) groups is 1. The lowest BCUT2D eigenvalue weighted by molar-refractivity contribution is -0.122. The number of amides is 1. The summed E-state index contributed by atoms with van der Waals surface area (Å²) in [5, 5.41) is 0. The molecule has 0 spiro atoms. The molecule has 6 atom stereocenters. The Balaban J connectivity index is 1.49. The van der Waals surface area contributed by atoms with Crippen LogP contribution in [-0.4, -0.2) is 56.5 Å². The largest absolute Gasteiger partial charge is 0.497 e. The maximum Gasteiger partial charge on any atom is 0.209 e. The van der Waals surface area contributed by atoms with Crippen LogP contribution in [-0.2, 0) is 11.2 Å². The van der Waals surface area contributed by atoms with Gasteiger partial charge in [0.2, 0.25) is 6.41 Å². The van der Waals surface area contributed by atoms with Gasteiger partial charge in [0.05, 0.1) is 7.11 Å². The lowest BCUT2D eigenvalue weighted by Gasteiger charge is -2.52. The SMILES string of the molecule is COc1ccc2c(c1)CC[C@@H]1[C@@H]2CC[C@]2(C)C(C(C)N(C=O)CCCN(C)C)CC[C@@H]12. The van der Waals surface area contributed by atoms with Gasteiger partial charge in [0.25, 0.3) is 0 Å². The van der Waals surface area contributed by atoms with E-state index >= 15 is 0 Å². The zero-order valence-corrected chi connectivity index (χ0v) is 20.3. The highest BCUT2D eigenvalue weighted by Crippen LogP contribution is 2.63. The molecule has 172 valence electrons. The average Bonchev–Trinajstić information content (AvgIpc) is 3.12. The smallest absolute Gasteiger partial charge is 0.209 e. The summed E-state index contributed by atoms with van der Waals surface area (Å²) in [6.07, 6.45) is 9.87. The maximum absolute atomic E-state index is 12.0. The van der Waals surface area contributed by atoms with Crippen LogP contribution < -0.4 is 4.74 Å². The van der Waals surface area contributed by atoms with E-state index in [0.717, 1.165) is 43.5 Å². The van der Waals surface area contributed by atoms with Crippen LogP contribution >= 0.6 is 0 Å². The van der Waals surface area contributed by atoms with Crippen LogP contribution in [0.5, 0.6) is 5.75 Å². The fraction of sp³-hybridized carbons (Fsp3) is 0.741. The summed E-state index contributed by atoms with van der Waals surface area (Å²) in [7, 11) is 5.98. The summed E-state index contributed by atoms with van der Waals surface area (Å²) in [6.45, 7) is 6.79. The van der Waals surface area contributed by atoms with Crippen molar-refractivity contribution in [3.05, 3.63) is 29.3 Å². The molecule has 2 unspecified atom stereocenters. The van der Waals surface area contributed by atoms with Gasteiger partial charge in [0.15, 0.2) is 0 Å². The highest BCUT2D eigenvalue weighted by atomic mass is 16.5. The number of ether oxygens (including phenoxy) is 1. The minimum absolute atomic E-state index is 0.339. The summed E-state index contributed by atoms with van der Waals surface area (Å²) < 4.78 is 5.48. The lowest BCUT2D eigenvalue weighted by atomic mass is 9.53. The van der Waals surface area contributed by atoms with Crippen molar-refractivity contribution in [2.24, 2.45) is 23.2 Å². The number of fused-ring (bicyclic) bond motifs is 5. The first-order valence-corrected chi connectivity index (χ1v) is 12.4. The van der Waals surface area contributed by atoms with Gasteiger partial charge in [-0.3, -0.25) is 4.79 Å². The maximum atomic E-state index is 12.0. The standard InChI is InChI=1S/C27H42N2O2/c1-19(29(18-30)16-6-15-28(3)4)25-11-12-26-24-9-7-20-17-21(31-5)8-10-22(20)23(24)13-14-27(25,26)2/h8,10,17-19,23-26H,6-7,9,11-16H2,1-5H3/t19?,23-,24-,25?,26+,27-/m1/s1. The Bertz CT molecular complexity index is 778. The molecule has 1 aromatic rings. The molecular formula is C27H42N2O2. The Morgan fingerprint density at radius 3 is 2.71 bits per heavy atom. The van der Waals surface area contributed by atoms with Crippen LogP contribution in [0.3, 0.4) is 0 Å². The van der Waals surface area contributed by atoms with Crippen LogP contribution in [0.1, 0.15) is 69.4 Å². The number of hydrogen-bond acceptors (Lipinski definition) is 3. The number of nitrogens with zero attached hydrogens (tertiary/aromatic N) is 2. The first kappa shape index (κ1) is 22.6. The van der Waals surface area contributed by atoms with Gasteiger partial charge in [0, 0.05) is 12.6 Å². The van der Waals surface area contributed by atoms with E-state index in [1.165, 1.54) is 44.1 Å². The Morgan fingerprint density at radius 2 is 2.00 bits per heavy atom. The van der Waals surface area contributed by atoms with Crippen molar-refractivity contribution in [3.63, 3.8) is 0 Å². The van der Waals surface area contributed by atoms with Crippen LogP contribution in [0.25, 0.3) is 0 Å². The zero-order chi connectivity index (χ0) is 22.2. The van der Waals surface area contributed by atoms with Crippen LogP contribution in [0, 0.1) is 23.2 Å². The number of aryl methyl sites for hydroxylation is 1. The van der Waals surface area contributed by atoms with Gasteiger partial charge in [-0.05, 0) is 125 Å². The summed E-state index contributed by atoms with van der Waals surface area (Å²) in [4.78, 5) is 16.3. The first-order valence-electron chi connectivity index (χ1n) is 12.4. The van der Waals surface area contributed by atoms with E-state index in [-0.39, 0.29) is 0 Å². The minimum Gasteiger partial charge on any atom is -0.497 e. The minimum atomic E-state index is 0.339. The van der Waals surface area contributed by atoms with Crippen molar-refractivity contribution >= 4 is 6.41 Å². The van der Waals surface area contributed by atoms with Crippen LogP contribution in [0.15, 0.2) is 18.2 Å². The second kappa shape index (κ2) is 9.13. The van der Waals surface area contributed by atoms with E-state index in [4.69, 9.17) is 4.74 Å². The highest BCUT2D eigenvalue weighted by Gasteiger charge is 2.56. The van der Waals surface area contributed by atoms with Gasteiger partial charge < -0.3 is 14.5 Å². The second-order valence-corrected chi connectivity index (χ2v) is 10.9. The molecule has 0 radical (unpaired) electrons. The van der Waals surface area contributed by atoms with Crippen molar-refractivity contribution in [3.8, 4) is 5.75 Å². The van der Waals surface area contributed by atoms with Gasteiger partial charge in [-0.15, -0.1) is 0 Å². The van der Waals surface area contributed by atoms with Crippen molar-refractivity contribution in [1.29, 1.82) is 0 Å². The molecule has 1 amide bonds. The van der Waals surface area contributed by atoms with Gasteiger partial charge in [-0.2, -0.15) is 0 Å². The van der Waals surface area contributed by atoms with E-state index in [0.29, 0.717) is 23.3 Å². The average molecular weight is 427 g/mol. The first-order chi connectivity index (χ1) is 14.9. The third-order valence-electron chi connectivity index (χ3n) is 9.27. The molecule has 4 heteroatoms. The van der Waals surface area contributed by atoms with Gasteiger partial charge >= 0.3 is 0 Å². The fourth-order valence-electron chi connectivity index (χ4n) is 7.67. The molecule has 0 bridgehead atoms. The molecule has 4 rings (SSSR count).